The average molecular weight is 438 g/mol. The molecular weight excluding hydrogens is 418 g/mol. The first kappa shape index (κ1) is 17.9. The molecule has 1 atom stereocenters. The number of anilines is 1. The summed E-state index contributed by atoms with van der Waals surface area (Å²) in [6.07, 6.45) is 6.40. The van der Waals surface area contributed by atoms with Crippen molar-refractivity contribution in [2.75, 3.05) is 17.7 Å². The van der Waals surface area contributed by atoms with Crippen LogP contribution < -0.4 is 5.32 Å². The maximum absolute atomic E-state index is 12.2. The van der Waals surface area contributed by atoms with E-state index in [4.69, 9.17) is 4.74 Å². The number of rotatable bonds is 7. The van der Waals surface area contributed by atoms with Crippen molar-refractivity contribution in [3.05, 3.63) is 28.6 Å². The Balaban J connectivity index is 1.39. The maximum atomic E-state index is 12.2. The van der Waals surface area contributed by atoms with E-state index in [1.54, 1.807) is 12.3 Å². The minimum absolute atomic E-state index is 0.107. The van der Waals surface area contributed by atoms with Crippen molar-refractivity contribution in [1.29, 1.82) is 0 Å². The number of hydrogen-bond donors (Lipinski definition) is 1. The van der Waals surface area contributed by atoms with Gasteiger partial charge in [-0.15, -0.1) is 10.2 Å². The molecule has 138 valence electrons. The second kappa shape index (κ2) is 8.06. The third-order valence-electron chi connectivity index (χ3n) is 4.43. The monoisotopic (exact) mass is 437 g/mol. The molecule has 0 spiro atoms. The number of pyridine rings is 1. The van der Waals surface area contributed by atoms with Crippen molar-refractivity contribution < 1.29 is 9.53 Å². The Kier molecular flexibility index (Phi) is 5.56. The fourth-order valence-corrected chi connectivity index (χ4v) is 3.96. The molecule has 0 unspecified atom stereocenters. The minimum Gasteiger partial charge on any atom is -0.376 e. The third kappa shape index (κ3) is 4.44. The summed E-state index contributed by atoms with van der Waals surface area (Å²) in [6.45, 7) is 1.60. The van der Waals surface area contributed by atoms with E-state index in [2.05, 4.69) is 41.0 Å². The lowest BCUT2D eigenvalue weighted by molar-refractivity contribution is -0.113. The third-order valence-corrected chi connectivity index (χ3v) is 5.86. The highest BCUT2D eigenvalue weighted by atomic mass is 79.9. The standard InChI is InChI=1S/C17H20BrN5O2S/c18-12-5-6-14(19-8-12)20-15(24)10-26-17-22-21-16(11-3-4-11)23(17)9-13-2-1-7-25-13/h5-6,8,11,13H,1-4,7,9-10H2,(H,19,20,24)/t13-/m0/s1. The first-order valence-electron chi connectivity index (χ1n) is 8.78. The zero-order valence-corrected chi connectivity index (χ0v) is 16.6. The van der Waals surface area contributed by atoms with Crippen molar-refractivity contribution in [1.82, 2.24) is 19.7 Å². The van der Waals surface area contributed by atoms with Crippen molar-refractivity contribution in [2.24, 2.45) is 0 Å². The molecule has 9 heteroatoms. The van der Waals surface area contributed by atoms with Gasteiger partial charge in [0.1, 0.15) is 11.6 Å². The molecule has 2 aromatic heterocycles. The maximum Gasteiger partial charge on any atom is 0.236 e. The van der Waals surface area contributed by atoms with Gasteiger partial charge in [0.25, 0.3) is 0 Å². The molecule has 4 rings (SSSR count). The van der Waals surface area contributed by atoms with Crippen LogP contribution in [0.5, 0.6) is 0 Å². The molecule has 2 aromatic rings. The van der Waals surface area contributed by atoms with Crippen LogP contribution in [0.3, 0.4) is 0 Å². The summed E-state index contributed by atoms with van der Waals surface area (Å²) in [5.41, 5.74) is 0. The van der Waals surface area contributed by atoms with Gasteiger partial charge in [-0.2, -0.15) is 0 Å². The quantitative estimate of drug-likeness (QED) is 0.669. The molecule has 26 heavy (non-hydrogen) atoms. The van der Waals surface area contributed by atoms with E-state index in [-0.39, 0.29) is 17.8 Å². The van der Waals surface area contributed by atoms with Crippen LogP contribution in [0, 0.1) is 0 Å². The molecular formula is C17H20BrN5O2S. The van der Waals surface area contributed by atoms with Crippen LogP contribution in [0.25, 0.3) is 0 Å². The Morgan fingerprint density at radius 3 is 2.92 bits per heavy atom. The molecule has 1 amide bonds. The van der Waals surface area contributed by atoms with E-state index < -0.39 is 0 Å². The number of carbonyl (C=O) groups is 1. The molecule has 0 bridgehead atoms. The van der Waals surface area contributed by atoms with Gasteiger partial charge in [-0.3, -0.25) is 4.79 Å². The van der Waals surface area contributed by atoms with E-state index in [1.165, 1.54) is 24.6 Å². The summed E-state index contributed by atoms with van der Waals surface area (Å²) in [7, 11) is 0. The summed E-state index contributed by atoms with van der Waals surface area (Å²) in [5, 5.41) is 12.3. The number of ether oxygens (including phenoxy) is 1. The summed E-state index contributed by atoms with van der Waals surface area (Å²) in [4.78, 5) is 16.4. The van der Waals surface area contributed by atoms with Crippen LogP contribution in [0.2, 0.25) is 0 Å². The lowest BCUT2D eigenvalue weighted by Gasteiger charge is -2.14. The van der Waals surface area contributed by atoms with Gasteiger partial charge >= 0.3 is 0 Å². The number of aromatic nitrogens is 4. The van der Waals surface area contributed by atoms with Gasteiger partial charge < -0.3 is 14.6 Å². The second-order valence-electron chi connectivity index (χ2n) is 6.56. The van der Waals surface area contributed by atoms with E-state index in [0.29, 0.717) is 11.7 Å². The topological polar surface area (TPSA) is 81.9 Å². The Labute approximate surface area is 164 Å². The van der Waals surface area contributed by atoms with Crippen molar-refractivity contribution in [3.8, 4) is 0 Å². The van der Waals surface area contributed by atoms with E-state index in [0.717, 1.165) is 41.4 Å². The Morgan fingerprint density at radius 1 is 1.35 bits per heavy atom. The van der Waals surface area contributed by atoms with E-state index >= 15 is 0 Å². The van der Waals surface area contributed by atoms with Crippen LogP contribution in [-0.4, -0.2) is 44.1 Å². The van der Waals surface area contributed by atoms with Crippen LogP contribution in [0.1, 0.15) is 37.4 Å². The van der Waals surface area contributed by atoms with Crippen LogP contribution in [0.4, 0.5) is 5.82 Å². The SMILES string of the molecule is O=C(CSc1nnc(C2CC2)n1C[C@@H]1CCCO1)Nc1ccc(Br)cn1. The van der Waals surface area contributed by atoms with E-state index in [1.807, 2.05) is 6.07 Å². The second-order valence-corrected chi connectivity index (χ2v) is 8.42. The van der Waals surface area contributed by atoms with Crippen molar-refractivity contribution >= 4 is 39.4 Å². The smallest absolute Gasteiger partial charge is 0.236 e. The predicted molar refractivity (Wildman–Crippen MR) is 102 cm³/mol. The fourth-order valence-electron chi connectivity index (χ4n) is 2.97. The van der Waals surface area contributed by atoms with Gasteiger partial charge in [0.2, 0.25) is 5.91 Å². The number of nitrogens with one attached hydrogen (secondary N) is 1. The Bertz CT molecular complexity index is 772. The average Bonchev–Trinajstić information content (AvgIpc) is 3.20. The minimum atomic E-state index is -0.107. The van der Waals surface area contributed by atoms with Gasteiger partial charge in [-0.25, -0.2) is 4.98 Å². The number of halogens is 1. The molecule has 2 fully saturated rings. The van der Waals surface area contributed by atoms with Crippen LogP contribution in [0.15, 0.2) is 28.0 Å². The first-order valence-corrected chi connectivity index (χ1v) is 10.6. The molecule has 1 aliphatic heterocycles. The molecule has 3 heterocycles. The summed E-state index contributed by atoms with van der Waals surface area (Å²) in [5.74, 6) is 2.26. The predicted octanol–water partition coefficient (Wildman–Crippen LogP) is 3.22. The zero-order valence-electron chi connectivity index (χ0n) is 14.2. The molecule has 7 nitrogen and oxygen atoms in total. The summed E-state index contributed by atoms with van der Waals surface area (Å²) < 4.78 is 8.80. The van der Waals surface area contributed by atoms with Gasteiger partial charge in [-0.1, -0.05) is 11.8 Å². The Hall–Kier alpha value is -1.45. The molecule has 1 saturated carbocycles. The summed E-state index contributed by atoms with van der Waals surface area (Å²) in [6, 6.07) is 3.60. The fraction of sp³-hybridized carbons (Fsp3) is 0.529. The largest absolute Gasteiger partial charge is 0.376 e. The molecule has 1 N–H and O–H groups in total. The van der Waals surface area contributed by atoms with Crippen molar-refractivity contribution in [2.45, 2.75) is 49.4 Å². The Morgan fingerprint density at radius 2 is 2.23 bits per heavy atom. The lowest BCUT2D eigenvalue weighted by Crippen LogP contribution is -2.19. The number of nitrogens with zero attached hydrogens (tertiary/aromatic N) is 4. The van der Waals surface area contributed by atoms with Gasteiger partial charge in [0.05, 0.1) is 18.4 Å². The lowest BCUT2D eigenvalue weighted by atomic mass is 10.2. The van der Waals surface area contributed by atoms with Gasteiger partial charge in [-0.05, 0) is 53.7 Å². The number of amides is 1. The first-order chi connectivity index (χ1) is 12.7. The molecule has 1 aliphatic carbocycles. The highest BCUT2D eigenvalue weighted by Gasteiger charge is 2.31. The molecule has 1 saturated heterocycles. The number of hydrogen-bond acceptors (Lipinski definition) is 6. The van der Waals surface area contributed by atoms with E-state index in [9.17, 15) is 4.79 Å². The highest BCUT2D eigenvalue weighted by molar-refractivity contribution is 9.10. The summed E-state index contributed by atoms with van der Waals surface area (Å²) >= 11 is 4.74. The number of carbonyl (C=O) groups excluding carboxylic acids is 1. The normalized spacial score (nSPS) is 19.7. The molecule has 0 radical (unpaired) electrons. The van der Waals surface area contributed by atoms with Gasteiger partial charge in [0.15, 0.2) is 5.16 Å². The van der Waals surface area contributed by atoms with Crippen LogP contribution in [-0.2, 0) is 16.1 Å². The number of thioether (sulfide) groups is 1. The molecule has 2 aliphatic rings. The zero-order chi connectivity index (χ0) is 17.9. The van der Waals surface area contributed by atoms with Crippen LogP contribution >= 0.6 is 27.7 Å². The van der Waals surface area contributed by atoms with Gasteiger partial charge in [0, 0.05) is 23.2 Å². The highest BCUT2D eigenvalue weighted by Crippen LogP contribution is 2.40. The van der Waals surface area contributed by atoms with Crippen molar-refractivity contribution in [3.63, 3.8) is 0 Å². The molecule has 0 aromatic carbocycles.